The summed E-state index contributed by atoms with van der Waals surface area (Å²) in [6.45, 7) is 3.73. The molecule has 1 aromatic carbocycles. The van der Waals surface area contributed by atoms with Gasteiger partial charge in [-0.3, -0.25) is 9.48 Å². The van der Waals surface area contributed by atoms with E-state index < -0.39 is 0 Å². The number of nitrogens with zero attached hydrogens (tertiary/aromatic N) is 4. The summed E-state index contributed by atoms with van der Waals surface area (Å²) in [6, 6.07) is 13.5. The van der Waals surface area contributed by atoms with Gasteiger partial charge in [-0.15, -0.1) is 0 Å². The van der Waals surface area contributed by atoms with E-state index in [1.807, 2.05) is 80.2 Å². The van der Waals surface area contributed by atoms with Crippen molar-refractivity contribution in [2.45, 2.75) is 13.8 Å². The van der Waals surface area contributed by atoms with Gasteiger partial charge in [0.25, 0.3) is 5.91 Å². The Morgan fingerprint density at radius 2 is 1.85 bits per heavy atom. The van der Waals surface area contributed by atoms with Crippen LogP contribution in [0.3, 0.4) is 0 Å². The molecule has 130 valence electrons. The maximum absolute atomic E-state index is 12.8. The number of carbonyl (C=O) groups excluding carboxylic acids is 1. The number of aromatic nitrogens is 4. The van der Waals surface area contributed by atoms with Crippen LogP contribution in [0.2, 0.25) is 0 Å². The standard InChI is InChI=1S/C20H19N5O/c1-13-19(14(2)24(3)23-13)20(26)22-16-9-5-4-8-15(16)17-12-25-11-7-6-10-18(25)21-17/h4-12H,1-3H3,(H,22,26). The highest BCUT2D eigenvalue weighted by Crippen LogP contribution is 2.28. The molecule has 1 amide bonds. The van der Waals surface area contributed by atoms with Gasteiger partial charge >= 0.3 is 0 Å². The van der Waals surface area contributed by atoms with Gasteiger partial charge in [0.2, 0.25) is 0 Å². The molecule has 0 spiro atoms. The first kappa shape index (κ1) is 16.1. The fourth-order valence-electron chi connectivity index (χ4n) is 3.17. The third kappa shape index (κ3) is 2.65. The molecule has 4 rings (SSSR count). The molecule has 6 nitrogen and oxygen atoms in total. The van der Waals surface area contributed by atoms with Crippen molar-refractivity contribution in [2.24, 2.45) is 7.05 Å². The number of rotatable bonds is 3. The molecule has 3 aromatic heterocycles. The van der Waals surface area contributed by atoms with E-state index in [1.165, 1.54) is 0 Å². The zero-order valence-corrected chi connectivity index (χ0v) is 14.9. The van der Waals surface area contributed by atoms with Gasteiger partial charge in [0, 0.05) is 30.7 Å². The lowest BCUT2D eigenvalue weighted by molar-refractivity contribution is 0.102. The van der Waals surface area contributed by atoms with Crippen LogP contribution in [0.5, 0.6) is 0 Å². The van der Waals surface area contributed by atoms with E-state index in [0.717, 1.165) is 28.3 Å². The number of pyridine rings is 1. The average Bonchev–Trinajstić information content (AvgIpc) is 3.16. The molecule has 26 heavy (non-hydrogen) atoms. The van der Waals surface area contributed by atoms with E-state index in [1.54, 1.807) is 4.68 Å². The molecule has 0 aliphatic heterocycles. The Balaban J connectivity index is 1.73. The Kier molecular flexibility index (Phi) is 3.80. The van der Waals surface area contributed by atoms with E-state index >= 15 is 0 Å². The lowest BCUT2D eigenvalue weighted by atomic mass is 10.1. The third-order valence-corrected chi connectivity index (χ3v) is 4.55. The number of imidazole rings is 1. The number of anilines is 1. The number of para-hydroxylation sites is 1. The number of nitrogens with one attached hydrogen (secondary N) is 1. The summed E-state index contributed by atoms with van der Waals surface area (Å²) in [5, 5.41) is 7.35. The molecule has 0 saturated carbocycles. The van der Waals surface area contributed by atoms with Crippen molar-refractivity contribution in [2.75, 3.05) is 5.32 Å². The number of amides is 1. The van der Waals surface area contributed by atoms with Crippen molar-refractivity contribution < 1.29 is 4.79 Å². The minimum absolute atomic E-state index is 0.163. The Labute approximate surface area is 151 Å². The lowest BCUT2D eigenvalue weighted by Gasteiger charge is -2.10. The summed E-state index contributed by atoms with van der Waals surface area (Å²) in [4.78, 5) is 17.5. The zero-order valence-electron chi connectivity index (χ0n) is 14.9. The molecule has 0 saturated heterocycles. The smallest absolute Gasteiger partial charge is 0.259 e. The van der Waals surface area contributed by atoms with Crippen molar-refractivity contribution in [3.8, 4) is 11.3 Å². The van der Waals surface area contributed by atoms with Crippen LogP contribution >= 0.6 is 0 Å². The van der Waals surface area contributed by atoms with Crippen LogP contribution < -0.4 is 5.32 Å². The second-order valence-corrected chi connectivity index (χ2v) is 6.26. The van der Waals surface area contributed by atoms with Crippen molar-refractivity contribution in [3.05, 3.63) is 71.8 Å². The number of fused-ring (bicyclic) bond motifs is 1. The Hall–Kier alpha value is -3.41. The topological polar surface area (TPSA) is 64.2 Å². The second kappa shape index (κ2) is 6.15. The van der Waals surface area contributed by atoms with E-state index in [0.29, 0.717) is 11.3 Å². The second-order valence-electron chi connectivity index (χ2n) is 6.26. The van der Waals surface area contributed by atoms with Gasteiger partial charge in [-0.1, -0.05) is 24.3 Å². The summed E-state index contributed by atoms with van der Waals surface area (Å²) in [5.74, 6) is -0.163. The number of hydrogen-bond donors (Lipinski definition) is 1. The van der Waals surface area contributed by atoms with Crippen LogP contribution in [0.25, 0.3) is 16.9 Å². The Morgan fingerprint density at radius 3 is 2.58 bits per heavy atom. The molecule has 3 heterocycles. The highest BCUT2D eigenvalue weighted by atomic mass is 16.1. The normalized spacial score (nSPS) is 11.0. The van der Waals surface area contributed by atoms with E-state index in [2.05, 4.69) is 15.4 Å². The summed E-state index contributed by atoms with van der Waals surface area (Å²) in [5.41, 5.74) is 5.44. The van der Waals surface area contributed by atoms with Crippen LogP contribution in [0, 0.1) is 13.8 Å². The number of aryl methyl sites for hydroxylation is 2. The first-order valence-corrected chi connectivity index (χ1v) is 8.39. The van der Waals surface area contributed by atoms with Crippen molar-refractivity contribution in [1.82, 2.24) is 19.2 Å². The molecule has 0 aliphatic carbocycles. The van der Waals surface area contributed by atoms with Crippen LogP contribution in [-0.2, 0) is 7.05 Å². The minimum Gasteiger partial charge on any atom is -0.321 e. The quantitative estimate of drug-likeness (QED) is 0.617. The third-order valence-electron chi connectivity index (χ3n) is 4.55. The molecule has 4 aromatic rings. The predicted molar refractivity (Wildman–Crippen MR) is 101 cm³/mol. The summed E-state index contributed by atoms with van der Waals surface area (Å²) < 4.78 is 3.68. The van der Waals surface area contributed by atoms with Crippen LogP contribution in [-0.4, -0.2) is 25.1 Å². The van der Waals surface area contributed by atoms with Gasteiger partial charge in [-0.05, 0) is 32.0 Å². The molecule has 0 unspecified atom stereocenters. The monoisotopic (exact) mass is 345 g/mol. The summed E-state index contributed by atoms with van der Waals surface area (Å²) in [7, 11) is 1.84. The number of hydrogen-bond acceptors (Lipinski definition) is 3. The average molecular weight is 345 g/mol. The van der Waals surface area contributed by atoms with E-state index in [4.69, 9.17) is 0 Å². The number of benzene rings is 1. The Morgan fingerprint density at radius 1 is 1.08 bits per heavy atom. The largest absolute Gasteiger partial charge is 0.321 e. The van der Waals surface area contributed by atoms with E-state index in [-0.39, 0.29) is 5.91 Å². The fraction of sp³-hybridized carbons (Fsp3) is 0.150. The van der Waals surface area contributed by atoms with Gasteiger partial charge in [0.1, 0.15) is 5.65 Å². The molecule has 6 heteroatoms. The first-order chi connectivity index (χ1) is 12.5. The van der Waals surface area contributed by atoms with Crippen molar-refractivity contribution in [1.29, 1.82) is 0 Å². The fourth-order valence-corrected chi connectivity index (χ4v) is 3.17. The molecule has 0 atom stereocenters. The molecule has 1 N–H and O–H groups in total. The van der Waals surface area contributed by atoms with Crippen LogP contribution in [0.4, 0.5) is 5.69 Å². The number of carbonyl (C=O) groups is 1. The van der Waals surface area contributed by atoms with Crippen LogP contribution in [0.1, 0.15) is 21.7 Å². The maximum Gasteiger partial charge on any atom is 0.259 e. The summed E-state index contributed by atoms with van der Waals surface area (Å²) >= 11 is 0. The Bertz CT molecular complexity index is 1090. The highest BCUT2D eigenvalue weighted by Gasteiger charge is 2.19. The maximum atomic E-state index is 12.8. The molecular weight excluding hydrogens is 326 g/mol. The molecular formula is C20H19N5O. The van der Waals surface area contributed by atoms with E-state index in [9.17, 15) is 4.79 Å². The first-order valence-electron chi connectivity index (χ1n) is 8.39. The van der Waals surface area contributed by atoms with Gasteiger partial charge in [-0.25, -0.2) is 4.98 Å². The van der Waals surface area contributed by atoms with Crippen molar-refractivity contribution >= 4 is 17.2 Å². The van der Waals surface area contributed by atoms with Crippen molar-refractivity contribution in [3.63, 3.8) is 0 Å². The van der Waals surface area contributed by atoms with Gasteiger partial charge < -0.3 is 9.72 Å². The molecule has 0 bridgehead atoms. The van der Waals surface area contributed by atoms with Crippen LogP contribution in [0.15, 0.2) is 54.9 Å². The highest BCUT2D eigenvalue weighted by molar-refractivity contribution is 6.07. The SMILES string of the molecule is Cc1nn(C)c(C)c1C(=O)Nc1ccccc1-c1cn2ccccc2n1. The van der Waals surface area contributed by atoms with Gasteiger partial charge in [0.15, 0.2) is 0 Å². The lowest BCUT2D eigenvalue weighted by Crippen LogP contribution is -2.14. The predicted octanol–water partition coefficient (Wildman–Crippen LogP) is 3.60. The zero-order chi connectivity index (χ0) is 18.3. The minimum atomic E-state index is -0.163. The van der Waals surface area contributed by atoms with Gasteiger partial charge in [-0.2, -0.15) is 5.10 Å². The molecule has 0 fully saturated rings. The summed E-state index contributed by atoms with van der Waals surface area (Å²) in [6.07, 6.45) is 3.91. The van der Waals surface area contributed by atoms with Gasteiger partial charge in [0.05, 0.1) is 22.6 Å². The molecule has 0 radical (unpaired) electrons. The molecule has 0 aliphatic rings.